The average molecular weight is 409 g/mol. The van der Waals surface area contributed by atoms with Crippen molar-refractivity contribution in [3.8, 4) is 11.5 Å². The molecule has 4 saturated carbocycles. The standard InChI is InChI=1S/C19H19N7O2S/c27-15(16-22-14(26-28-16)13-9-20-1-2-21-13)23-18-25-24-17(29-18)19-6-10-3-11(7-19)5-12(4-10)8-19/h1-2,9-12H,3-8H2,(H,23,25,27). The monoisotopic (exact) mass is 409 g/mol. The Kier molecular flexibility index (Phi) is 3.77. The Bertz CT molecular complexity index is 1030. The van der Waals surface area contributed by atoms with Gasteiger partial charge in [-0.15, -0.1) is 10.2 Å². The molecule has 4 fully saturated rings. The maximum absolute atomic E-state index is 12.5. The number of anilines is 1. The van der Waals surface area contributed by atoms with Crippen LogP contribution in [0, 0.1) is 17.8 Å². The molecule has 7 rings (SSSR count). The highest BCUT2D eigenvalue weighted by atomic mass is 32.1. The van der Waals surface area contributed by atoms with Crippen molar-refractivity contribution in [3.05, 3.63) is 29.5 Å². The molecule has 0 saturated heterocycles. The maximum atomic E-state index is 12.5. The van der Waals surface area contributed by atoms with Gasteiger partial charge in [0.05, 0.1) is 6.20 Å². The van der Waals surface area contributed by atoms with Crippen LogP contribution in [0.4, 0.5) is 5.13 Å². The van der Waals surface area contributed by atoms with Gasteiger partial charge in [0.2, 0.25) is 11.0 Å². The van der Waals surface area contributed by atoms with Crippen molar-refractivity contribution in [1.29, 1.82) is 0 Å². The average Bonchev–Trinajstić information content (AvgIpc) is 3.38. The van der Waals surface area contributed by atoms with Crippen molar-refractivity contribution in [2.45, 2.75) is 43.9 Å². The third kappa shape index (κ3) is 2.93. The molecule has 4 aliphatic rings. The highest BCUT2D eigenvalue weighted by Crippen LogP contribution is 2.61. The first-order chi connectivity index (χ1) is 14.2. The van der Waals surface area contributed by atoms with Gasteiger partial charge < -0.3 is 4.52 Å². The van der Waals surface area contributed by atoms with E-state index in [1.807, 2.05) is 0 Å². The number of hydrogen-bond donors (Lipinski definition) is 1. The van der Waals surface area contributed by atoms with Crippen LogP contribution >= 0.6 is 11.3 Å². The van der Waals surface area contributed by atoms with E-state index in [1.54, 1.807) is 6.20 Å². The summed E-state index contributed by atoms with van der Waals surface area (Å²) < 4.78 is 5.08. The molecule has 10 heteroatoms. The molecule has 1 amide bonds. The molecule has 0 spiro atoms. The van der Waals surface area contributed by atoms with Crippen LogP contribution < -0.4 is 5.32 Å². The third-order valence-electron chi connectivity index (χ3n) is 6.55. The van der Waals surface area contributed by atoms with Gasteiger partial charge in [-0.25, -0.2) is 4.98 Å². The molecule has 9 nitrogen and oxygen atoms in total. The van der Waals surface area contributed by atoms with Gasteiger partial charge in [0.25, 0.3) is 0 Å². The first kappa shape index (κ1) is 17.1. The summed E-state index contributed by atoms with van der Waals surface area (Å²) in [6.45, 7) is 0. The van der Waals surface area contributed by atoms with Crippen molar-refractivity contribution >= 4 is 22.4 Å². The van der Waals surface area contributed by atoms with Crippen molar-refractivity contribution in [1.82, 2.24) is 30.3 Å². The highest BCUT2D eigenvalue weighted by Gasteiger charge is 2.53. The van der Waals surface area contributed by atoms with Crippen LogP contribution in [0.5, 0.6) is 0 Å². The quantitative estimate of drug-likeness (QED) is 0.698. The zero-order valence-corrected chi connectivity index (χ0v) is 16.4. The summed E-state index contributed by atoms with van der Waals surface area (Å²) in [6, 6.07) is 0. The molecule has 148 valence electrons. The largest absolute Gasteiger partial charge is 0.328 e. The van der Waals surface area contributed by atoms with E-state index in [0.29, 0.717) is 10.8 Å². The lowest BCUT2D eigenvalue weighted by atomic mass is 9.50. The van der Waals surface area contributed by atoms with Crippen LogP contribution in [0.2, 0.25) is 0 Å². The van der Waals surface area contributed by atoms with Gasteiger partial charge in [-0.05, 0) is 56.3 Å². The van der Waals surface area contributed by atoms with Crippen LogP contribution in [0.3, 0.4) is 0 Å². The minimum absolute atomic E-state index is 0.141. The smallest absolute Gasteiger partial charge is 0.316 e. The number of amides is 1. The van der Waals surface area contributed by atoms with E-state index in [-0.39, 0.29) is 17.1 Å². The number of carbonyl (C=O) groups is 1. The van der Waals surface area contributed by atoms with Gasteiger partial charge in [0.15, 0.2) is 0 Å². The Morgan fingerprint density at radius 2 is 1.86 bits per heavy atom. The normalized spacial score (nSPS) is 29.9. The number of carbonyl (C=O) groups excluding carboxylic acids is 1. The summed E-state index contributed by atoms with van der Waals surface area (Å²) in [4.78, 5) is 24.7. The Balaban J connectivity index is 1.19. The fraction of sp³-hybridized carbons (Fsp3) is 0.526. The van der Waals surface area contributed by atoms with Crippen LogP contribution in [-0.4, -0.2) is 36.2 Å². The van der Waals surface area contributed by atoms with Crippen LogP contribution in [-0.2, 0) is 5.41 Å². The van der Waals surface area contributed by atoms with E-state index in [1.165, 1.54) is 62.3 Å². The van der Waals surface area contributed by atoms with Crippen molar-refractivity contribution in [2.75, 3.05) is 5.32 Å². The van der Waals surface area contributed by atoms with Gasteiger partial charge in [0.1, 0.15) is 10.7 Å². The molecule has 3 heterocycles. The second-order valence-corrected chi connectivity index (χ2v) is 9.56. The van der Waals surface area contributed by atoms with E-state index in [0.717, 1.165) is 22.8 Å². The molecule has 0 atom stereocenters. The lowest BCUT2D eigenvalue weighted by molar-refractivity contribution is -0.00555. The Morgan fingerprint density at radius 1 is 1.10 bits per heavy atom. The number of nitrogens with one attached hydrogen (secondary N) is 1. The molecule has 1 N–H and O–H groups in total. The van der Waals surface area contributed by atoms with Crippen molar-refractivity contribution < 1.29 is 9.32 Å². The first-order valence-corrected chi connectivity index (χ1v) is 10.7. The minimum atomic E-state index is -0.499. The SMILES string of the molecule is O=C(Nc1nnc(C23CC4CC(CC(C4)C2)C3)s1)c1nc(-c2cnccn2)no1. The molecule has 0 radical (unpaired) electrons. The summed E-state index contributed by atoms with van der Waals surface area (Å²) in [5.41, 5.74) is 0.606. The molecule has 4 bridgehead atoms. The fourth-order valence-corrected chi connectivity index (χ4v) is 6.80. The van der Waals surface area contributed by atoms with Gasteiger partial charge in [-0.2, -0.15) is 4.98 Å². The van der Waals surface area contributed by atoms with E-state index >= 15 is 0 Å². The number of hydrogen-bond acceptors (Lipinski definition) is 9. The van der Waals surface area contributed by atoms with Crippen LogP contribution in [0.1, 0.15) is 54.2 Å². The van der Waals surface area contributed by atoms with E-state index in [4.69, 9.17) is 4.52 Å². The molecule has 0 aliphatic heterocycles. The highest BCUT2D eigenvalue weighted by molar-refractivity contribution is 7.15. The topological polar surface area (TPSA) is 120 Å². The molecule has 4 aliphatic carbocycles. The molecule has 0 aromatic carbocycles. The number of rotatable bonds is 4. The molecular weight excluding hydrogens is 390 g/mol. The van der Waals surface area contributed by atoms with Crippen molar-refractivity contribution in [3.63, 3.8) is 0 Å². The third-order valence-corrected chi connectivity index (χ3v) is 7.63. The Labute approximate surface area is 170 Å². The summed E-state index contributed by atoms with van der Waals surface area (Å²) >= 11 is 1.48. The predicted octanol–water partition coefficient (Wildman–Crippen LogP) is 3.10. The molecule has 29 heavy (non-hydrogen) atoms. The lowest BCUT2D eigenvalue weighted by Crippen LogP contribution is -2.48. The van der Waals surface area contributed by atoms with Gasteiger partial charge >= 0.3 is 11.8 Å². The summed E-state index contributed by atoms with van der Waals surface area (Å²) in [6.07, 6.45) is 12.4. The predicted molar refractivity (Wildman–Crippen MR) is 103 cm³/mol. The van der Waals surface area contributed by atoms with E-state index in [2.05, 4.69) is 35.6 Å². The Hall–Kier alpha value is -2.75. The minimum Gasteiger partial charge on any atom is -0.328 e. The second-order valence-electron chi connectivity index (χ2n) is 8.58. The molecule has 3 aromatic heterocycles. The van der Waals surface area contributed by atoms with Gasteiger partial charge in [0, 0.05) is 17.8 Å². The molecule has 0 unspecified atom stereocenters. The van der Waals surface area contributed by atoms with Crippen LogP contribution in [0.25, 0.3) is 11.5 Å². The summed E-state index contributed by atoms with van der Waals surface area (Å²) in [7, 11) is 0. The zero-order chi connectivity index (χ0) is 19.4. The molecule has 3 aromatic rings. The first-order valence-electron chi connectivity index (χ1n) is 9.92. The number of nitrogens with zero attached hydrogens (tertiary/aromatic N) is 6. The van der Waals surface area contributed by atoms with E-state index in [9.17, 15) is 4.79 Å². The summed E-state index contributed by atoms with van der Waals surface area (Å²) in [5.74, 6) is 2.08. The summed E-state index contributed by atoms with van der Waals surface area (Å²) in [5, 5.41) is 16.8. The van der Waals surface area contributed by atoms with Gasteiger partial charge in [-0.1, -0.05) is 16.5 Å². The number of aromatic nitrogens is 6. The van der Waals surface area contributed by atoms with Crippen LogP contribution in [0.15, 0.2) is 23.1 Å². The maximum Gasteiger partial charge on any atom is 0.316 e. The lowest BCUT2D eigenvalue weighted by Gasteiger charge is -2.55. The van der Waals surface area contributed by atoms with E-state index < -0.39 is 5.91 Å². The zero-order valence-electron chi connectivity index (χ0n) is 15.6. The van der Waals surface area contributed by atoms with Crippen molar-refractivity contribution in [2.24, 2.45) is 17.8 Å². The second kappa shape index (κ2) is 6.38. The fourth-order valence-electron chi connectivity index (χ4n) is 5.85. The van der Waals surface area contributed by atoms with Gasteiger partial charge in [-0.3, -0.25) is 15.1 Å². The Morgan fingerprint density at radius 3 is 2.55 bits per heavy atom. The molecular formula is C19H19N7O2S.